The second-order valence-electron chi connectivity index (χ2n) is 10.7. The molecule has 2 aliphatic rings. The Bertz CT molecular complexity index is 1460. The zero-order valence-corrected chi connectivity index (χ0v) is 22.1. The molecule has 0 radical (unpaired) electrons. The van der Waals surface area contributed by atoms with E-state index in [-0.39, 0.29) is 17.8 Å². The first-order chi connectivity index (χ1) is 18.4. The molecule has 2 atom stereocenters. The predicted octanol–water partition coefficient (Wildman–Crippen LogP) is 4.71. The van der Waals surface area contributed by atoms with Crippen molar-refractivity contribution in [3.8, 4) is 11.1 Å². The molecule has 2 fully saturated rings. The number of piperazine rings is 1. The van der Waals surface area contributed by atoms with Gasteiger partial charge in [-0.25, -0.2) is 18.3 Å². The lowest BCUT2D eigenvalue weighted by molar-refractivity contribution is 0.147. The van der Waals surface area contributed by atoms with Gasteiger partial charge in [0, 0.05) is 67.8 Å². The van der Waals surface area contributed by atoms with Gasteiger partial charge in [-0.15, -0.1) is 0 Å². The van der Waals surface area contributed by atoms with E-state index in [1.165, 1.54) is 18.2 Å². The summed E-state index contributed by atoms with van der Waals surface area (Å²) in [4.78, 5) is 16.8. The number of aryl methyl sites for hydroxylation is 1. The summed E-state index contributed by atoms with van der Waals surface area (Å²) in [7, 11) is 2.16. The third-order valence-electron chi connectivity index (χ3n) is 8.04. The van der Waals surface area contributed by atoms with Crippen molar-refractivity contribution in [1.29, 1.82) is 0 Å². The molecule has 38 heavy (non-hydrogen) atoms. The standard InChI is InChI=1S/C29H33F2N7/c1-19-8-10-37(28(19)24-16-21(30)4-7-26(24)31)27-9-11-38-29(34-27)25(17-32-38)23-6-5-22(33-20(23)2)18-36-14-12-35(3)13-15-36/h4-7,9,11,16-17,19,28H,8,10,12-15,18H2,1-3H3/t19-,28-/m1/s1. The second kappa shape index (κ2) is 10.0. The smallest absolute Gasteiger partial charge is 0.165 e. The Morgan fingerprint density at radius 2 is 1.76 bits per heavy atom. The van der Waals surface area contributed by atoms with Crippen molar-refractivity contribution in [3.05, 3.63) is 77.4 Å². The first-order valence-electron chi connectivity index (χ1n) is 13.3. The average molecular weight is 518 g/mol. The zero-order valence-electron chi connectivity index (χ0n) is 22.1. The maximum Gasteiger partial charge on any atom is 0.165 e. The van der Waals surface area contributed by atoms with Gasteiger partial charge in [0.2, 0.25) is 0 Å². The predicted molar refractivity (Wildman–Crippen MR) is 144 cm³/mol. The molecule has 1 aromatic carbocycles. The van der Waals surface area contributed by atoms with E-state index < -0.39 is 5.82 Å². The molecule has 0 bridgehead atoms. The summed E-state index contributed by atoms with van der Waals surface area (Å²) in [6.45, 7) is 9.93. The van der Waals surface area contributed by atoms with Gasteiger partial charge in [-0.2, -0.15) is 5.10 Å². The number of fused-ring (bicyclic) bond motifs is 1. The number of halogens is 2. The molecule has 0 spiro atoms. The van der Waals surface area contributed by atoms with Gasteiger partial charge in [0.15, 0.2) is 5.65 Å². The van der Waals surface area contributed by atoms with Gasteiger partial charge in [0.25, 0.3) is 0 Å². The van der Waals surface area contributed by atoms with Crippen LogP contribution in [0.25, 0.3) is 16.8 Å². The van der Waals surface area contributed by atoms with E-state index in [9.17, 15) is 8.78 Å². The van der Waals surface area contributed by atoms with E-state index in [0.717, 1.165) is 79.7 Å². The largest absolute Gasteiger partial charge is 0.349 e. The highest BCUT2D eigenvalue weighted by Crippen LogP contribution is 2.41. The summed E-state index contributed by atoms with van der Waals surface area (Å²) in [5.41, 5.74) is 5.00. The van der Waals surface area contributed by atoms with Crippen LogP contribution in [0.3, 0.4) is 0 Å². The third-order valence-corrected chi connectivity index (χ3v) is 8.04. The maximum absolute atomic E-state index is 14.8. The van der Waals surface area contributed by atoms with Crippen LogP contribution in [0.1, 0.15) is 36.3 Å². The van der Waals surface area contributed by atoms with Crippen molar-refractivity contribution in [2.24, 2.45) is 5.92 Å². The van der Waals surface area contributed by atoms with E-state index in [1.807, 2.05) is 25.4 Å². The van der Waals surface area contributed by atoms with Gasteiger partial charge < -0.3 is 9.80 Å². The molecule has 0 unspecified atom stereocenters. The van der Waals surface area contributed by atoms with Crippen LogP contribution in [0.5, 0.6) is 0 Å². The van der Waals surface area contributed by atoms with Crippen molar-refractivity contribution < 1.29 is 8.78 Å². The van der Waals surface area contributed by atoms with Crippen molar-refractivity contribution in [1.82, 2.24) is 29.4 Å². The Labute approximate surface area is 221 Å². The summed E-state index contributed by atoms with van der Waals surface area (Å²) in [6.07, 6.45) is 4.58. The average Bonchev–Trinajstić information content (AvgIpc) is 3.50. The zero-order chi connectivity index (χ0) is 26.4. The van der Waals surface area contributed by atoms with E-state index in [1.54, 1.807) is 4.52 Å². The molecule has 7 nitrogen and oxygen atoms in total. The third kappa shape index (κ3) is 4.65. The number of benzene rings is 1. The minimum absolute atomic E-state index is 0.160. The Morgan fingerprint density at radius 3 is 2.55 bits per heavy atom. The monoisotopic (exact) mass is 517 g/mol. The van der Waals surface area contributed by atoms with Crippen LogP contribution in [0.4, 0.5) is 14.6 Å². The molecule has 3 aromatic heterocycles. The van der Waals surface area contributed by atoms with Crippen LogP contribution >= 0.6 is 0 Å². The van der Waals surface area contributed by atoms with Crippen molar-refractivity contribution >= 4 is 11.5 Å². The first kappa shape index (κ1) is 24.9. The molecule has 9 heteroatoms. The van der Waals surface area contributed by atoms with Gasteiger partial charge in [0.05, 0.1) is 17.9 Å². The highest BCUT2D eigenvalue weighted by molar-refractivity contribution is 5.79. The van der Waals surface area contributed by atoms with E-state index in [2.05, 4.69) is 45.9 Å². The SMILES string of the molecule is Cc1nc(CN2CCN(C)CC2)ccc1-c1cnn2ccc(N3CC[C@@H](C)[C@@H]3c3cc(F)ccc3F)nc12. The number of pyridine rings is 1. The Morgan fingerprint density at radius 1 is 0.947 bits per heavy atom. The Hall–Kier alpha value is -3.43. The number of hydrogen-bond acceptors (Lipinski definition) is 6. The summed E-state index contributed by atoms with van der Waals surface area (Å²) < 4.78 is 30.6. The van der Waals surface area contributed by atoms with Crippen molar-refractivity contribution in [3.63, 3.8) is 0 Å². The number of aromatic nitrogens is 4. The Balaban J connectivity index is 1.31. The van der Waals surface area contributed by atoms with Gasteiger partial charge in [-0.1, -0.05) is 13.0 Å². The molecule has 0 aliphatic carbocycles. The number of hydrogen-bond donors (Lipinski definition) is 0. The minimum atomic E-state index is -0.430. The van der Waals surface area contributed by atoms with Crippen molar-refractivity contribution in [2.75, 3.05) is 44.7 Å². The van der Waals surface area contributed by atoms with Gasteiger partial charge in [-0.3, -0.25) is 9.88 Å². The van der Waals surface area contributed by atoms with Crippen LogP contribution in [-0.4, -0.2) is 69.2 Å². The van der Waals surface area contributed by atoms with Crippen LogP contribution in [0.2, 0.25) is 0 Å². The lowest BCUT2D eigenvalue weighted by Gasteiger charge is -2.32. The fourth-order valence-electron chi connectivity index (χ4n) is 5.85. The lowest BCUT2D eigenvalue weighted by atomic mass is 9.95. The highest BCUT2D eigenvalue weighted by Gasteiger charge is 2.35. The molecular weight excluding hydrogens is 484 g/mol. The van der Waals surface area contributed by atoms with Crippen molar-refractivity contribution in [2.45, 2.75) is 32.9 Å². The highest BCUT2D eigenvalue weighted by atomic mass is 19.1. The molecule has 6 rings (SSSR count). The maximum atomic E-state index is 14.8. The van der Waals surface area contributed by atoms with E-state index in [0.29, 0.717) is 5.56 Å². The minimum Gasteiger partial charge on any atom is -0.349 e. The van der Waals surface area contributed by atoms with Crippen LogP contribution in [0.15, 0.2) is 48.8 Å². The molecule has 198 valence electrons. The molecule has 2 saturated heterocycles. The summed E-state index contributed by atoms with van der Waals surface area (Å²) in [5.74, 6) is 0.0724. The second-order valence-corrected chi connectivity index (χ2v) is 10.7. The molecule has 0 amide bonds. The number of likely N-dealkylation sites (N-methyl/N-ethyl adjacent to an activating group) is 1. The van der Waals surface area contributed by atoms with Gasteiger partial charge >= 0.3 is 0 Å². The van der Waals surface area contributed by atoms with E-state index in [4.69, 9.17) is 9.97 Å². The first-order valence-corrected chi connectivity index (χ1v) is 13.3. The van der Waals surface area contributed by atoms with Gasteiger partial charge in [-0.05, 0) is 56.6 Å². The molecule has 5 heterocycles. The fraction of sp³-hybridized carbons (Fsp3) is 0.414. The quantitative estimate of drug-likeness (QED) is 0.382. The van der Waals surface area contributed by atoms with Crippen LogP contribution in [-0.2, 0) is 6.54 Å². The lowest BCUT2D eigenvalue weighted by Crippen LogP contribution is -2.44. The molecule has 0 saturated carbocycles. The summed E-state index contributed by atoms with van der Waals surface area (Å²) in [5, 5.41) is 4.53. The number of rotatable bonds is 5. The number of nitrogens with zero attached hydrogens (tertiary/aromatic N) is 7. The fourth-order valence-corrected chi connectivity index (χ4v) is 5.85. The van der Waals surface area contributed by atoms with Crippen LogP contribution in [0, 0.1) is 24.5 Å². The topological polar surface area (TPSA) is 52.8 Å². The number of anilines is 1. The molecular formula is C29H33F2N7. The molecule has 2 aliphatic heterocycles. The summed E-state index contributed by atoms with van der Waals surface area (Å²) in [6, 6.07) is 9.51. The van der Waals surface area contributed by atoms with E-state index >= 15 is 0 Å². The molecule has 0 N–H and O–H groups in total. The van der Waals surface area contributed by atoms with Crippen LogP contribution < -0.4 is 4.90 Å². The van der Waals surface area contributed by atoms with Gasteiger partial charge in [0.1, 0.15) is 17.5 Å². The normalized spacial score (nSPS) is 21.0. The Kier molecular flexibility index (Phi) is 6.57. The molecule has 4 aromatic rings. The summed E-state index contributed by atoms with van der Waals surface area (Å²) >= 11 is 0.